The monoisotopic (exact) mass is 342 g/mol. The van der Waals surface area contributed by atoms with E-state index in [1.807, 2.05) is 0 Å². The Kier molecular flexibility index (Phi) is 6.26. The van der Waals surface area contributed by atoms with Crippen LogP contribution in [0.5, 0.6) is 11.5 Å². The Morgan fingerprint density at radius 3 is 2.48 bits per heavy atom. The SMILES string of the molecule is CCNCC1CCN(S(=O)(=O)c2cc(OC)ccc2OC)CC1. The van der Waals surface area contributed by atoms with Crippen molar-refractivity contribution in [2.75, 3.05) is 40.4 Å². The van der Waals surface area contributed by atoms with Crippen molar-refractivity contribution in [2.45, 2.75) is 24.7 Å². The molecule has 0 spiro atoms. The average molecular weight is 342 g/mol. The van der Waals surface area contributed by atoms with Gasteiger partial charge in [-0.2, -0.15) is 4.31 Å². The second kappa shape index (κ2) is 7.99. The van der Waals surface area contributed by atoms with Crippen LogP contribution < -0.4 is 14.8 Å². The number of nitrogens with zero attached hydrogens (tertiary/aromatic N) is 1. The summed E-state index contributed by atoms with van der Waals surface area (Å²) in [6.45, 7) is 5.05. The lowest BCUT2D eigenvalue weighted by Crippen LogP contribution is -2.40. The minimum Gasteiger partial charge on any atom is -0.497 e. The van der Waals surface area contributed by atoms with Gasteiger partial charge >= 0.3 is 0 Å². The fraction of sp³-hybridized carbons (Fsp3) is 0.625. The molecule has 130 valence electrons. The number of methoxy groups -OCH3 is 2. The van der Waals surface area contributed by atoms with E-state index in [1.54, 1.807) is 16.4 Å². The summed E-state index contributed by atoms with van der Waals surface area (Å²) in [7, 11) is -0.579. The van der Waals surface area contributed by atoms with Crippen LogP contribution in [0.4, 0.5) is 0 Å². The third-order valence-electron chi connectivity index (χ3n) is 4.25. The lowest BCUT2D eigenvalue weighted by Gasteiger charge is -2.31. The molecular formula is C16H26N2O4S. The van der Waals surface area contributed by atoms with Crippen molar-refractivity contribution in [1.29, 1.82) is 0 Å². The van der Waals surface area contributed by atoms with Gasteiger partial charge in [-0.3, -0.25) is 0 Å². The Hall–Kier alpha value is -1.31. The molecular weight excluding hydrogens is 316 g/mol. The van der Waals surface area contributed by atoms with Crippen LogP contribution >= 0.6 is 0 Å². The van der Waals surface area contributed by atoms with Crippen molar-refractivity contribution in [3.8, 4) is 11.5 Å². The van der Waals surface area contributed by atoms with Crippen molar-refractivity contribution in [1.82, 2.24) is 9.62 Å². The molecule has 0 bridgehead atoms. The molecule has 0 radical (unpaired) electrons. The fourth-order valence-corrected chi connectivity index (χ4v) is 4.47. The largest absolute Gasteiger partial charge is 0.497 e. The molecule has 7 heteroatoms. The van der Waals surface area contributed by atoms with Gasteiger partial charge in [-0.25, -0.2) is 8.42 Å². The zero-order valence-corrected chi connectivity index (χ0v) is 14.9. The van der Waals surface area contributed by atoms with Crippen LogP contribution in [-0.2, 0) is 10.0 Å². The predicted octanol–water partition coefficient (Wildman–Crippen LogP) is 1.71. The first-order valence-corrected chi connectivity index (χ1v) is 9.39. The fourth-order valence-electron chi connectivity index (χ4n) is 2.83. The zero-order valence-electron chi connectivity index (χ0n) is 14.0. The Bertz CT molecular complexity index is 611. The van der Waals surface area contributed by atoms with E-state index < -0.39 is 10.0 Å². The summed E-state index contributed by atoms with van der Waals surface area (Å²) in [4.78, 5) is 0.171. The van der Waals surface area contributed by atoms with E-state index in [-0.39, 0.29) is 4.90 Å². The first-order chi connectivity index (χ1) is 11.0. The number of sulfonamides is 1. The summed E-state index contributed by atoms with van der Waals surface area (Å²) in [6, 6.07) is 4.85. The van der Waals surface area contributed by atoms with E-state index in [9.17, 15) is 8.42 Å². The van der Waals surface area contributed by atoms with E-state index in [1.165, 1.54) is 20.3 Å². The lowest BCUT2D eigenvalue weighted by atomic mass is 9.98. The van der Waals surface area contributed by atoms with E-state index in [2.05, 4.69) is 12.2 Å². The van der Waals surface area contributed by atoms with E-state index in [0.29, 0.717) is 30.5 Å². The normalized spacial score (nSPS) is 17.2. The molecule has 1 aliphatic heterocycles. The summed E-state index contributed by atoms with van der Waals surface area (Å²) in [5.41, 5.74) is 0. The topological polar surface area (TPSA) is 67.9 Å². The van der Waals surface area contributed by atoms with Crippen molar-refractivity contribution < 1.29 is 17.9 Å². The summed E-state index contributed by atoms with van der Waals surface area (Å²) in [6.07, 6.45) is 1.75. The molecule has 0 atom stereocenters. The quantitative estimate of drug-likeness (QED) is 0.817. The molecule has 1 N–H and O–H groups in total. The highest BCUT2D eigenvalue weighted by atomic mass is 32.2. The van der Waals surface area contributed by atoms with E-state index in [0.717, 1.165) is 25.9 Å². The molecule has 1 aromatic carbocycles. The molecule has 0 unspecified atom stereocenters. The van der Waals surface area contributed by atoms with Gasteiger partial charge in [0.1, 0.15) is 16.4 Å². The highest BCUT2D eigenvalue weighted by Gasteiger charge is 2.31. The number of hydrogen-bond donors (Lipinski definition) is 1. The molecule has 1 aromatic rings. The molecule has 0 saturated carbocycles. The first-order valence-electron chi connectivity index (χ1n) is 7.95. The smallest absolute Gasteiger partial charge is 0.246 e. The third kappa shape index (κ3) is 4.16. The molecule has 0 aliphatic carbocycles. The second-order valence-electron chi connectivity index (χ2n) is 5.67. The Morgan fingerprint density at radius 1 is 1.22 bits per heavy atom. The third-order valence-corrected chi connectivity index (χ3v) is 6.16. The van der Waals surface area contributed by atoms with Crippen LogP contribution in [0.25, 0.3) is 0 Å². The van der Waals surface area contributed by atoms with E-state index >= 15 is 0 Å². The van der Waals surface area contributed by atoms with Gasteiger partial charge in [0.15, 0.2) is 0 Å². The molecule has 0 aromatic heterocycles. The van der Waals surface area contributed by atoms with E-state index in [4.69, 9.17) is 9.47 Å². The number of hydrogen-bond acceptors (Lipinski definition) is 5. The maximum atomic E-state index is 12.9. The Morgan fingerprint density at radius 2 is 1.91 bits per heavy atom. The molecule has 1 fully saturated rings. The minimum absolute atomic E-state index is 0.171. The maximum absolute atomic E-state index is 12.9. The molecule has 2 rings (SSSR count). The Labute approximate surface area is 138 Å². The van der Waals surface area contributed by atoms with Crippen LogP contribution in [0.15, 0.2) is 23.1 Å². The Balaban J connectivity index is 2.16. The number of nitrogens with one attached hydrogen (secondary N) is 1. The summed E-state index contributed by atoms with van der Waals surface area (Å²) >= 11 is 0. The highest BCUT2D eigenvalue weighted by Crippen LogP contribution is 2.32. The van der Waals surface area contributed by atoms with Gasteiger partial charge in [0.25, 0.3) is 0 Å². The van der Waals surface area contributed by atoms with Crippen LogP contribution in [0.1, 0.15) is 19.8 Å². The predicted molar refractivity (Wildman–Crippen MR) is 89.6 cm³/mol. The van der Waals surface area contributed by atoms with Crippen molar-refractivity contribution in [3.63, 3.8) is 0 Å². The number of piperidine rings is 1. The van der Waals surface area contributed by atoms with Gasteiger partial charge in [-0.1, -0.05) is 6.92 Å². The van der Waals surface area contributed by atoms with Gasteiger partial charge in [-0.05, 0) is 44.0 Å². The molecule has 0 amide bonds. The number of rotatable bonds is 7. The summed E-state index contributed by atoms with van der Waals surface area (Å²) in [5.74, 6) is 1.39. The molecule has 6 nitrogen and oxygen atoms in total. The molecule has 1 heterocycles. The molecule has 1 aliphatic rings. The second-order valence-corrected chi connectivity index (χ2v) is 7.58. The van der Waals surface area contributed by atoms with Crippen molar-refractivity contribution in [3.05, 3.63) is 18.2 Å². The van der Waals surface area contributed by atoms with Gasteiger partial charge in [0, 0.05) is 19.2 Å². The minimum atomic E-state index is -3.57. The standard InChI is InChI=1S/C16H26N2O4S/c1-4-17-12-13-7-9-18(10-8-13)23(19,20)16-11-14(21-2)5-6-15(16)22-3/h5-6,11,13,17H,4,7-10,12H2,1-3H3. The lowest BCUT2D eigenvalue weighted by molar-refractivity contribution is 0.267. The van der Waals surface area contributed by atoms with Gasteiger partial charge in [0.05, 0.1) is 14.2 Å². The zero-order chi connectivity index (χ0) is 16.9. The molecule has 23 heavy (non-hydrogen) atoms. The number of benzene rings is 1. The summed E-state index contributed by atoms with van der Waals surface area (Å²) < 4.78 is 37.8. The average Bonchev–Trinajstić information content (AvgIpc) is 2.59. The highest BCUT2D eigenvalue weighted by molar-refractivity contribution is 7.89. The first kappa shape index (κ1) is 18.0. The van der Waals surface area contributed by atoms with Crippen LogP contribution in [-0.4, -0.2) is 53.1 Å². The van der Waals surface area contributed by atoms with Crippen LogP contribution in [0.2, 0.25) is 0 Å². The van der Waals surface area contributed by atoms with Crippen LogP contribution in [0.3, 0.4) is 0 Å². The summed E-state index contributed by atoms with van der Waals surface area (Å²) in [5, 5.41) is 3.33. The van der Waals surface area contributed by atoms with Crippen molar-refractivity contribution >= 4 is 10.0 Å². The van der Waals surface area contributed by atoms with Gasteiger partial charge < -0.3 is 14.8 Å². The van der Waals surface area contributed by atoms with Gasteiger partial charge in [-0.15, -0.1) is 0 Å². The maximum Gasteiger partial charge on any atom is 0.246 e. The molecule has 1 saturated heterocycles. The van der Waals surface area contributed by atoms with Crippen LogP contribution in [0, 0.1) is 5.92 Å². The van der Waals surface area contributed by atoms with Crippen molar-refractivity contribution in [2.24, 2.45) is 5.92 Å². The number of ether oxygens (including phenoxy) is 2. The van der Waals surface area contributed by atoms with Gasteiger partial charge in [0.2, 0.25) is 10.0 Å².